The molecule has 50 heavy (non-hydrogen) atoms. The molecule has 6 heterocycles. The molecule has 0 saturated carbocycles. The molecule has 0 spiro atoms. The summed E-state index contributed by atoms with van der Waals surface area (Å²) in [5.41, 5.74) is 8.21. The largest absolute Gasteiger partial charge is 0.469 e. The van der Waals surface area contributed by atoms with Crippen LogP contribution in [0, 0.1) is 0 Å². The molecule has 0 atom stereocenters. The van der Waals surface area contributed by atoms with Gasteiger partial charge in [-0.2, -0.15) is 0 Å². The number of hydrogen-bond donors (Lipinski definition) is 4. The maximum absolute atomic E-state index is 12.4. The molecule has 4 N–H and O–H groups in total. The number of aromatic amines is 4. The van der Waals surface area contributed by atoms with Crippen molar-refractivity contribution in [3.63, 3.8) is 0 Å². The molecule has 7 rings (SSSR count). The fraction of sp³-hybridized carbons (Fsp3) is 0.179. The first kappa shape index (κ1) is 32.2. The van der Waals surface area contributed by atoms with E-state index < -0.39 is 0 Å². The first-order chi connectivity index (χ1) is 24.4. The maximum atomic E-state index is 12.4. The number of H-pyrrole nitrogens is 4. The first-order valence-electron chi connectivity index (χ1n) is 16.3. The summed E-state index contributed by atoms with van der Waals surface area (Å²) in [6.07, 6.45) is 5.69. The average molecular weight is 669 g/mol. The van der Waals surface area contributed by atoms with Crippen LogP contribution in [0.15, 0.2) is 85.2 Å². The Hall–Kier alpha value is -6.36. The summed E-state index contributed by atoms with van der Waals surface area (Å²) < 4.78 is 11.9. The van der Waals surface area contributed by atoms with Gasteiger partial charge in [-0.3, -0.25) is 14.4 Å². The minimum atomic E-state index is -0.316. The number of hydrogen-bond acceptors (Lipinski definition) is 6. The van der Waals surface area contributed by atoms with Gasteiger partial charge in [0.05, 0.1) is 30.8 Å². The third kappa shape index (κ3) is 6.16. The van der Waals surface area contributed by atoms with Crippen molar-refractivity contribution in [2.75, 3.05) is 14.2 Å². The van der Waals surface area contributed by atoms with Crippen LogP contribution in [0.2, 0.25) is 0 Å². The van der Waals surface area contributed by atoms with Gasteiger partial charge in [-0.1, -0.05) is 18.2 Å². The second kappa shape index (κ2) is 13.6. The van der Waals surface area contributed by atoms with E-state index in [1.54, 1.807) is 12.3 Å². The number of methoxy groups -OCH3 is 2. The smallest absolute Gasteiger partial charge is 0.305 e. The third-order valence-electron chi connectivity index (χ3n) is 9.09. The summed E-state index contributed by atoms with van der Waals surface area (Å²) in [6.45, 7) is 0. The van der Waals surface area contributed by atoms with Crippen molar-refractivity contribution in [2.24, 2.45) is 7.05 Å². The number of fused-ring (bicyclic) bond motifs is 8. The molecule has 1 aliphatic rings. The molecule has 1 aliphatic heterocycles. The Morgan fingerprint density at radius 3 is 1.80 bits per heavy atom. The van der Waals surface area contributed by atoms with E-state index in [0.29, 0.717) is 18.4 Å². The molecule has 0 fully saturated rings. The molecule has 252 valence electrons. The van der Waals surface area contributed by atoms with E-state index in [1.165, 1.54) is 14.2 Å². The molecule has 0 saturated heterocycles. The van der Waals surface area contributed by atoms with Gasteiger partial charge in [0.25, 0.3) is 0 Å². The molecular formula is C39H36N6O5. The number of benzene rings is 1. The van der Waals surface area contributed by atoms with Crippen molar-refractivity contribution < 1.29 is 23.9 Å². The van der Waals surface area contributed by atoms with Crippen molar-refractivity contribution in [2.45, 2.75) is 25.7 Å². The van der Waals surface area contributed by atoms with Gasteiger partial charge in [0.2, 0.25) is 0 Å². The Bertz CT molecular complexity index is 2500. The van der Waals surface area contributed by atoms with Gasteiger partial charge in [-0.05, 0) is 84.1 Å². The predicted molar refractivity (Wildman–Crippen MR) is 187 cm³/mol. The van der Waals surface area contributed by atoms with E-state index in [1.807, 2.05) is 84.5 Å². The summed E-state index contributed by atoms with van der Waals surface area (Å²) in [6, 6.07) is 23.6. The van der Waals surface area contributed by atoms with E-state index in [-0.39, 0.29) is 24.8 Å². The highest BCUT2D eigenvalue weighted by atomic mass is 16.5. The van der Waals surface area contributed by atoms with Crippen molar-refractivity contribution >= 4 is 40.5 Å². The molecule has 0 aliphatic carbocycles. The highest BCUT2D eigenvalue weighted by Gasteiger charge is 2.19. The average Bonchev–Trinajstić information content (AvgIpc) is 3.99. The fourth-order valence-electron chi connectivity index (χ4n) is 6.57. The molecule has 5 aromatic heterocycles. The second-order valence-corrected chi connectivity index (χ2v) is 12.1. The topological polar surface area (TPSA) is 151 Å². The molecule has 1 aromatic carbocycles. The number of carbonyl (C=O) groups is 3. The zero-order valence-corrected chi connectivity index (χ0v) is 27.9. The monoisotopic (exact) mass is 668 g/mol. The van der Waals surface area contributed by atoms with Crippen LogP contribution in [-0.4, -0.2) is 61.9 Å². The van der Waals surface area contributed by atoms with Gasteiger partial charge in [0, 0.05) is 76.5 Å². The summed E-state index contributed by atoms with van der Waals surface area (Å²) in [5.74, 6) is 0.129. The van der Waals surface area contributed by atoms with Gasteiger partial charge < -0.3 is 34.0 Å². The van der Waals surface area contributed by atoms with Crippen molar-refractivity contribution in [1.82, 2.24) is 29.5 Å². The van der Waals surface area contributed by atoms with Crippen LogP contribution >= 0.6 is 0 Å². The van der Waals surface area contributed by atoms with Crippen molar-refractivity contribution in [3.8, 4) is 0 Å². The first-order valence-corrected chi connectivity index (χ1v) is 16.3. The normalized spacial score (nSPS) is 12.7. The van der Waals surface area contributed by atoms with Crippen LogP contribution < -0.4 is 21.4 Å². The van der Waals surface area contributed by atoms with Crippen LogP contribution in [0.4, 0.5) is 0 Å². The maximum Gasteiger partial charge on any atom is 0.305 e. The van der Waals surface area contributed by atoms with Gasteiger partial charge in [-0.15, -0.1) is 0 Å². The van der Waals surface area contributed by atoms with Gasteiger partial charge in [0.15, 0.2) is 0 Å². The lowest BCUT2D eigenvalue weighted by Gasteiger charge is -2.09. The van der Waals surface area contributed by atoms with Gasteiger partial charge in [-0.25, -0.2) is 4.98 Å². The molecule has 6 aromatic rings. The van der Waals surface area contributed by atoms with Crippen molar-refractivity contribution in [1.29, 1.82) is 0 Å². The van der Waals surface area contributed by atoms with Gasteiger partial charge >= 0.3 is 11.9 Å². The van der Waals surface area contributed by atoms with E-state index in [0.717, 1.165) is 84.1 Å². The number of imidazole rings is 1. The molecule has 0 unspecified atom stereocenters. The van der Waals surface area contributed by atoms with E-state index in [4.69, 9.17) is 14.5 Å². The Morgan fingerprint density at radius 2 is 1.24 bits per heavy atom. The highest BCUT2D eigenvalue weighted by Crippen LogP contribution is 2.26. The lowest BCUT2D eigenvalue weighted by molar-refractivity contribution is -0.141. The molecule has 11 nitrogen and oxygen atoms in total. The number of nitrogens with zero attached hydrogens (tertiary/aromatic N) is 2. The second-order valence-electron chi connectivity index (χ2n) is 12.1. The number of aryl methyl sites for hydroxylation is 1. The summed E-state index contributed by atoms with van der Waals surface area (Å²) >= 11 is 0. The Balaban J connectivity index is 1.58. The summed E-state index contributed by atoms with van der Waals surface area (Å²) in [5, 5.41) is 3.30. The fourth-order valence-corrected chi connectivity index (χ4v) is 6.57. The van der Waals surface area contributed by atoms with Crippen LogP contribution in [0.25, 0.3) is 22.3 Å². The Kier molecular flexibility index (Phi) is 8.78. The standard InChI is InChI=1S/C39H36N6O5/c1-45-20-19-40-39(45)38-33-14-12-30(43-33)26(8-18-36(48)50-3)28-10-9-27(41-28)25(7-17-35(47)49-2)29-11-13-31(42-29)37(32-15-16-34(38)44-32)24-6-4-5-23(21-24)22-46/h4-6,9-16,19-22,41-44H,7-8,17-18H2,1-3H3. The number of ether oxygens (including phenoxy) is 2. The Labute approximate surface area is 286 Å². The summed E-state index contributed by atoms with van der Waals surface area (Å²) in [7, 11) is 4.72. The van der Waals surface area contributed by atoms with E-state index in [2.05, 4.69) is 19.9 Å². The summed E-state index contributed by atoms with van der Waals surface area (Å²) in [4.78, 5) is 55.8. The molecular weight excluding hydrogens is 632 g/mol. The van der Waals surface area contributed by atoms with Crippen molar-refractivity contribution in [3.05, 3.63) is 146 Å². The number of carbonyl (C=O) groups excluding carboxylic acids is 3. The van der Waals surface area contributed by atoms with E-state index >= 15 is 0 Å². The van der Waals surface area contributed by atoms with Gasteiger partial charge in [0.1, 0.15) is 12.1 Å². The minimum Gasteiger partial charge on any atom is -0.469 e. The molecule has 8 bridgehead atoms. The SMILES string of the molecule is COC(=O)CCC1=c2ccc([nH]2)=C(CCC(=O)OC)c2ccc([nH]2)C(c2nccn2C)=c2ccc([nH]2)=C(c2cccc(C=O)c2)c2ccc1[nH]2. The Morgan fingerprint density at radius 1 is 0.700 bits per heavy atom. The molecule has 0 amide bonds. The molecule has 0 radical (unpaired) electrons. The lowest BCUT2D eigenvalue weighted by Crippen LogP contribution is -2.20. The number of esters is 2. The van der Waals surface area contributed by atoms with E-state index in [9.17, 15) is 14.4 Å². The number of nitrogens with one attached hydrogen (secondary N) is 4. The predicted octanol–water partition coefficient (Wildman–Crippen LogP) is 2.66. The third-order valence-corrected chi connectivity index (χ3v) is 9.09. The van der Waals surface area contributed by atoms with Crippen LogP contribution in [0.5, 0.6) is 0 Å². The number of aldehydes is 1. The quantitative estimate of drug-likeness (QED) is 0.138. The zero-order chi connectivity index (χ0) is 34.8. The number of aromatic nitrogens is 6. The van der Waals surface area contributed by atoms with Crippen LogP contribution in [0.3, 0.4) is 0 Å². The lowest BCUT2D eigenvalue weighted by atomic mass is 10.0. The minimum absolute atomic E-state index is 0.178. The van der Waals surface area contributed by atoms with Crippen LogP contribution in [-0.2, 0) is 26.1 Å². The zero-order valence-electron chi connectivity index (χ0n) is 27.9. The highest BCUT2D eigenvalue weighted by molar-refractivity contribution is 5.84. The van der Waals surface area contributed by atoms with Crippen LogP contribution in [0.1, 0.15) is 70.2 Å². The number of rotatable bonds is 9. The molecule has 11 heteroatoms.